The first kappa shape index (κ1) is 17.9. The third-order valence-electron chi connectivity index (χ3n) is 2.64. The number of rotatable bonds is 4. The number of methoxy groups -OCH3 is 1. The van der Waals surface area contributed by atoms with E-state index in [0.717, 1.165) is 18.7 Å². The molecule has 1 aliphatic rings. The lowest BCUT2D eigenvalue weighted by Crippen LogP contribution is -2.22. The van der Waals surface area contributed by atoms with E-state index in [1.807, 2.05) is 25.3 Å². The lowest BCUT2D eigenvalue weighted by Gasteiger charge is -2.20. The number of likely N-dealkylation sites (N-methyl/N-ethyl adjacent to an activating group) is 1. The number of nitrogens with zero attached hydrogens (tertiary/aromatic N) is 3. The molecule has 0 amide bonds. The molecular weight excluding hydrogens is 250 g/mol. The second-order valence-electron chi connectivity index (χ2n) is 3.99. The van der Waals surface area contributed by atoms with Crippen molar-refractivity contribution in [3.8, 4) is 6.07 Å². The van der Waals surface area contributed by atoms with Crippen LogP contribution in [0.15, 0.2) is 54.4 Å². The molecule has 0 atom stereocenters. The summed E-state index contributed by atoms with van der Waals surface area (Å²) >= 11 is 0. The molecule has 1 heterocycles. The van der Waals surface area contributed by atoms with Crippen molar-refractivity contribution in [1.82, 2.24) is 4.90 Å². The molecular formula is C16H23N3O. The first-order chi connectivity index (χ1) is 9.77. The van der Waals surface area contributed by atoms with Crippen molar-refractivity contribution in [3.63, 3.8) is 0 Å². The van der Waals surface area contributed by atoms with Crippen LogP contribution in [0.5, 0.6) is 0 Å². The van der Waals surface area contributed by atoms with Crippen molar-refractivity contribution >= 4 is 5.71 Å². The number of hydrogen-bond acceptors (Lipinski definition) is 4. The van der Waals surface area contributed by atoms with E-state index < -0.39 is 0 Å². The predicted octanol–water partition coefficient (Wildman–Crippen LogP) is 3.08. The molecule has 4 nitrogen and oxygen atoms in total. The van der Waals surface area contributed by atoms with Crippen LogP contribution in [0, 0.1) is 11.3 Å². The van der Waals surface area contributed by atoms with Crippen molar-refractivity contribution in [2.24, 2.45) is 4.99 Å². The lowest BCUT2D eigenvalue weighted by molar-refractivity contribution is 0.173. The maximum absolute atomic E-state index is 8.94. The van der Waals surface area contributed by atoms with E-state index in [0.29, 0.717) is 18.7 Å². The number of ether oxygens (including phenoxy) is 1. The molecule has 0 N–H and O–H groups in total. The Morgan fingerprint density at radius 2 is 2.00 bits per heavy atom. The summed E-state index contributed by atoms with van der Waals surface area (Å²) in [6.45, 7) is 7.48. The standard InChI is InChI=1S/C14H19N3O.C2H4/c1-17(9-10-18-2)14-8-6-4-3-5-7-13(11-15)16-12-14;1-2/h3-6,12H,7-10H2,1-2H3;1-2H2/b5-3-,6-4-,14-12+,16-13?;. The summed E-state index contributed by atoms with van der Waals surface area (Å²) in [5.41, 5.74) is 1.60. The first-order valence-corrected chi connectivity index (χ1v) is 6.45. The van der Waals surface area contributed by atoms with Gasteiger partial charge in [-0.1, -0.05) is 24.3 Å². The molecule has 0 aromatic carbocycles. The van der Waals surface area contributed by atoms with Gasteiger partial charge in [-0.25, -0.2) is 4.99 Å². The van der Waals surface area contributed by atoms with Gasteiger partial charge < -0.3 is 9.64 Å². The van der Waals surface area contributed by atoms with Gasteiger partial charge in [-0.2, -0.15) is 5.26 Å². The Labute approximate surface area is 122 Å². The van der Waals surface area contributed by atoms with Crippen LogP contribution >= 0.6 is 0 Å². The highest BCUT2D eigenvalue weighted by molar-refractivity contribution is 5.99. The Bertz CT molecular complexity index is 427. The van der Waals surface area contributed by atoms with Gasteiger partial charge in [0.15, 0.2) is 0 Å². The molecule has 0 fully saturated rings. The summed E-state index contributed by atoms with van der Waals surface area (Å²) in [7, 11) is 3.69. The average molecular weight is 273 g/mol. The van der Waals surface area contributed by atoms with Crippen molar-refractivity contribution in [3.05, 3.63) is 49.4 Å². The third-order valence-corrected chi connectivity index (χ3v) is 2.64. The molecule has 1 aliphatic heterocycles. The largest absolute Gasteiger partial charge is 0.383 e. The molecule has 0 bridgehead atoms. The van der Waals surface area contributed by atoms with Crippen molar-refractivity contribution in [2.45, 2.75) is 12.8 Å². The fourth-order valence-corrected chi connectivity index (χ4v) is 1.48. The molecule has 0 aromatic heterocycles. The van der Waals surface area contributed by atoms with Gasteiger partial charge in [-0.05, 0) is 0 Å². The fraction of sp³-hybridized carbons (Fsp3) is 0.375. The lowest BCUT2D eigenvalue weighted by atomic mass is 10.2. The summed E-state index contributed by atoms with van der Waals surface area (Å²) < 4.78 is 5.06. The zero-order valence-corrected chi connectivity index (χ0v) is 12.4. The van der Waals surface area contributed by atoms with E-state index in [-0.39, 0.29) is 0 Å². The molecule has 0 saturated heterocycles. The highest BCUT2D eigenvalue weighted by Gasteiger charge is 2.03. The Balaban J connectivity index is 0.00000172. The quantitative estimate of drug-likeness (QED) is 0.740. The van der Waals surface area contributed by atoms with Gasteiger partial charge in [0.2, 0.25) is 0 Å². The third kappa shape index (κ3) is 7.34. The van der Waals surface area contributed by atoms with E-state index in [1.54, 1.807) is 13.3 Å². The molecule has 0 unspecified atom stereocenters. The van der Waals surface area contributed by atoms with E-state index in [4.69, 9.17) is 10.00 Å². The van der Waals surface area contributed by atoms with E-state index in [9.17, 15) is 0 Å². The molecule has 0 aromatic rings. The molecule has 0 aliphatic carbocycles. The maximum atomic E-state index is 8.94. The Hall–Kier alpha value is -2.12. The van der Waals surface area contributed by atoms with Crippen LogP contribution in [-0.2, 0) is 4.74 Å². The normalized spacial score (nSPS) is 20.1. The zero-order valence-electron chi connectivity index (χ0n) is 12.4. The first-order valence-electron chi connectivity index (χ1n) is 6.45. The number of allylic oxidation sites excluding steroid dienone is 4. The minimum atomic E-state index is 0.527. The zero-order chi connectivity index (χ0) is 15.2. The van der Waals surface area contributed by atoms with E-state index in [1.165, 1.54) is 0 Å². The van der Waals surface area contributed by atoms with Crippen molar-refractivity contribution < 1.29 is 4.74 Å². The van der Waals surface area contributed by atoms with Gasteiger partial charge in [0.25, 0.3) is 0 Å². The maximum Gasteiger partial charge on any atom is 0.121 e. The fourth-order valence-electron chi connectivity index (χ4n) is 1.48. The highest BCUT2D eigenvalue weighted by atomic mass is 16.5. The summed E-state index contributed by atoms with van der Waals surface area (Å²) in [5.74, 6) is 0. The topological polar surface area (TPSA) is 48.6 Å². The predicted molar refractivity (Wildman–Crippen MR) is 84.4 cm³/mol. The Morgan fingerprint density at radius 1 is 1.35 bits per heavy atom. The van der Waals surface area contributed by atoms with E-state index >= 15 is 0 Å². The molecule has 1 rings (SSSR count). The van der Waals surface area contributed by atoms with Crippen LogP contribution < -0.4 is 0 Å². The van der Waals surface area contributed by atoms with Crippen LogP contribution in [0.1, 0.15) is 12.8 Å². The molecule has 108 valence electrons. The van der Waals surface area contributed by atoms with Crippen LogP contribution in [-0.4, -0.2) is 37.9 Å². The SMILES string of the molecule is C=C.COCCN(C)/C1=C/N=C(C#N)C/C=C\C=C/C1. The summed E-state index contributed by atoms with van der Waals surface area (Å²) in [4.78, 5) is 6.33. The van der Waals surface area contributed by atoms with Crippen LogP contribution in [0.2, 0.25) is 0 Å². The van der Waals surface area contributed by atoms with Crippen LogP contribution in [0.25, 0.3) is 0 Å². The Kier molecular flexibility index (Phi) is 10.7. The molecule has 0 saturated carbocycles. The minimum Gasteiger partial charge on any atom is -0.383 e. The number of hydrogen-bond donors (Lipinski definition) is 0. The van der Waals surface area contributed by atoms with Gasteiger partial charge in [-0.15, -0.1) is 13.2 Å². The number of aliphatic imine (C=N–C) groups is 1. The highest BCUT2D eigenvalue weighted by Crippen LogP contribution is 2.09. The molecule has 0 radical (unpaired) electrons. The molecule has 4 heteroatoms. The molecule has 0 spiro atoms. The average Bonchev–Trinajstić information content (AvgIpc) is 2.51. The van der Waals surface area contributed by atoms with Gasteiger partial charge in [0, 0.05) is 45.4 Å². The van der Waals surface area contributed by atoms with E-state index in [2.05, 4.69) is 35.2 Å². The van der Waals surface area contributed by atoms with Gasteiger partial charge in [0.1, 0.15) is 11.8 Å². The second-order valence-corrected chi connectivity index (χ2v) is 3.99. The smallest absolute Gasteiger partial charge is 0.121 e. The molecule has 20 heavy (non-hydrogen) atoms. The van der Waals surface area contributed by atoms with Gasteiger partial charge in [-0.3, -0.25) is 0 Å². The minimum absolute atomic E-state index is 0.527. The van der Waals surface area contributed by atoms with Gasteiger partial charge in [0.05, 0.1) is 6.61 Å². The number of nitriles is 1. The summed E-state index contributed by atoms with van der Waals surface area (Å²) in [6.07, 6.45) is 11.1. The monoisotopic (exact) mass is 273 g/mol. The second kappa shape index (κ2) is 11.9. The Morgan fingerprint density at radius 3 is 2.60 bits per heavy atom. The summed E-state index contributed by atoms with van der Waals surface area (Å²) in [6, 6.07) is 2.11. The van der Waals surface area contributed by atoms with Crippen LogP contribution in [0.4, 0.5) is 0 Å². The summed E-state index contributed by atoms with van der Waals surface area (Å²) in [5, 5.41) is 8.94. The van der Waals surface area contributed by atoms with Crippen molar-refractivity contribution in [2.75, 3.05) is 27.3 Å². The van der Waals surface area contributed by atoms with Gasteiger partial charge >= 0.3 is 0 Å². The van der Waals surface area contributed by atoms with Crippen molar-refractivity contribution in [1.29, 1.82) is 5.26 Å². The van der Waals surface area contributed by atoms with Crippen LogP contribution in [0.3, 0.4) is 0 Å².